The van der Waals surface area contributed by atoms with Crippen LogP contribution in [-0.2, 0) is 14.8 Å². The zero-order chi connectivity index (χ0) is 27.1. The molecule has 39 heavy (non-hydrogen) atoms. The Morgan fingerprint density at radius 2 is 1.69 bits per heavy atom. The quantitative estimate of drug-likeness (QED) is 0.205. The lowest BCUT2D eigenvalue weighted by Crippen LogP contribution is -2.40. The van der Waals surface area contributed by atoms with Gasteiger partial charge in [0, 0.05) is 23.7 Å². The van der Waals surface area contributed by atoms with E-state index in [-0.39, 0.29) is 22.7 Å². The normalized spacial score (nSPS) is 22.6. The van der Waals surface area contributed by atoms with Gasteiger partial charge in [-0.25, -0.2) is 22.3 Å². The number of urea groups is 1. The van der Waals surface area contributed by atoms with E-state index in [4.69, 9.17) is 0 Å². The number of sulfonamides is 1. The molecule has 2 aromatic heterocycles. The summed E-state index contributed by atoms with van der Waals surface area (Å²) in [5, 5.41) is 15.7. The molecule has 204 valence electrons. The minimum atomic E-state index is -3.82. The second kappa shape index (κ2) is 9.89. The number of rotatable bonds is 8. The number of nitrogens with zero attached hydrogens (tertiary/aromatic N) is 4. The van der Waals surface area contributed by atoms with Crippen molar-refractivity contribution in [2.45, 2.75) is 61.5 Å². The van der Waals surface area contributed by atoms with Crippen LogP contribution in [0.25, 0.3) is 11.7 Å². The third kappa shape index (κ3) is 5.54. The predicted octanol–water partition coefficient (Wildman–Crippen LogP) is 1.72. The molecule has 0 atom stereocenters. The van der Waals surface area contributed by atoms with Gasteiger partial charge in [0.1, 0.15) is 11.5 Å². The summed E-state index contributed by atoms with van der Waals surface area (Å²) in [6, 6.07) is 4.38. The highest BCUT2D eigenvalue weighted by Gasteiger charge is 2.28. The highest BCUT2D eigenvalue weighted by Crippen LogP contribution is 2.27. The molecule has 5 N–H and O–H groups in total. The molecule has 1 aromatic carbocycles. The average molecular weight is 556 g/mol. The molecule has 3 heterocycles. The second-order valence-corrected chi connectivity index (χ2v) is 11.6. The maximum atomic E-state index is 13.5. The van der Waals surface area contributed by atoms with Gasteiger partial charge in [0.2, 0.25) is 21.9 Å². The van der Waals surface area contributed by atoms with Crippen molar-refractivity contribution in [3.05, 3.63) is 47.5 Å². The molecule has 0 bridgehead atoms. The van der Waals surface area contributed by atoms with Crippen LogP contribution in [0.2, 0.25) is 0 Å². The molecule has 0 radical (unpaired) electrons. The number of hydrogen-bond acceptors (Lipinski definition) is 9. The van der Waals surface area contributed by atoms with Gasteiger partial charge >= 0.3 is 6.03 Å². The summed E-state index contributed by atoms with van der Waals surface area (Å²) in [7, 11) is -3.82. The van der Waals surface area contributed by atoms with Crippen molar-refractivity contribution < 1.29 is 22.4 Å². The molecule has 1 aliphatic heterocycles. The predicted molar refractivity (Wildman–Crippen MR) is 138 cm³/mol. The number of amides is 3. The molecule has 3 aromatic rings. The van der Waals surface area contributed by atoms with Gasteiger partial charge in [0.15, 0.2) is 5.65 Å². The number of carbonyl (C=O) groups excluding carboxylic acids is 2. The number of imide groups is 1. The highest BCUT2D eigenvalue weighted by molar-refractivity contribution is 7.89. The summed E-state index contributed by atoms with van der Waals surface area (Å²) in [6.45, 7) is 0. The topological polar surface area (TPSA) is 172 Å². The lowest BCUT2D eigenvalue weighted by atomic mass is 9.92. The van der Waals surface area contributed by atoms with E-state index in [1.165, 1.54) is 24.3 Å². The first-order chi connectivity index (χ1) is 18.7. The van der Waals surface area contributed by atoms with Crippen molar-refractivity contribution in [1.29, 1.82) is 0 Å². The van der Waals surface area contributed by atoms with Crippen LogP contribution in [0.4, 0.5) is 21.1 Å². The van der Waals surface area contributed by atoms with Crippen LogP contribution in [0.1, 0.15) is 44.1 Å². The Morgan fingerprint density at radius 3 is 2.38 bits per heavy atom. The smallest absolute Gasteiger partial charge is 0.326 e. The van der Waals surface area contributed by atoms with E-state index >= 15 is 0 Å². The van der Waals surface area contributed by atoms with Gasteiger partial charge in [-0.2, -0.15) is 19.6 Å². The van der Waals surface area contributed by atoms with Crippen LogP contribution >= 0.6 is 0 Å². The molecule has 6 rings (SSSR count). The van der Waals surface area contributed by atoms with E-state index in [2.05, 4.69) is 41.1 Å². The fraction of sp³-hybridized carbons (Fsp3) is 0.375. The molecule has 15 heteroatoms. The molecular weight excluding hydrogens is 529 g/mol. The third-order valence-corrected chi connectivity index (χ3v) is 8.33. The van der Waals surface area contributed by atoms with E-state index in [0.29, 0.717) is 54.8 Å². The Hall–Kier alpha value is -4.11. The molecule has 0 spiro atoms. The maximum absolute atomic E-state index is 13.5. The summed E-state index contributed by atoms with van der Waals surface area (Å²) in [5.74, 6) is -0.263. The van der Waals surface area contributed by atoms with Gasteiger partial charge in [0.05, 0.1) is 11.1 Å². The zero-order valence-electron chi connectivity index (χ0n) is 20.6. The van der Waals surface area contributed by atoms with Gasteiger partial charge in [-0.15, -0.1) is 0 Å². The van der Waals surface area contributed by atoms with Crippen LogP contribution < -0.4 is 26.0 Å². The lowest BCUT2D eigenvalue weighted by Gasteiger charge is -2.29. The lowest BCUT2D eigenvalue weighted by molar-refractivity contribution is -0.115. The van der Waals surface area contributed by atoms with E-state index in [1.807, 2.05) is 0 Å². The summed E-state index contributed by atoms with van der Waals surface area (Å²) >= 11 is 0. The average Bonchev–Trinajstić information content (AvgIpc) is 3.53. The largest absolute Gasteiger partial charge is 0.351 e. The number of fused-ring (bicyclic) bond motifs is 1. The Morgan fingerprint density at radius 1 is 0.974 bits per heavy atom. The van der Waals surface area contributed by atoms with E-state index in [1.54, 1.807) is 10.7 Å². The Kier molecular flexibility index (Phi) is 6.38. The molecule has 2 saturated carbocycles. The molecule has 3 amide bonds. The minimum Gasteiger partial charge on any atom is -0.351 e. The monoisotopic (exact) mass is 555 g/mol. The first-order valence-corrected chi connectivity index (χ1v) is 14.1. The van der Waals surface area contributed by atoms with Gasteiger partial charge in [-0.1, -0.05) is 6.07 Å². The number of carbonyl (C=O) groups is 2. The SMILES string of the molecule is O=C1NC(=O)/C(=C/c2cnn3c(NC4CC4)nc(N[C@H]4CC[C@H](NS(=O)(=O)c5cccc(F)c5)CC4)nc23)N1. The van der Waals surface area contributed by atoms with Crippen molar-refractivity contribution in [1.82, 2.24) is 34.9 Å². The zero-order valence-corrected chi connectivity index (χ0v) is 21.5. The Labute approximate surface area is 222 Å². The number of aromatic nitrogens is 4. The summed E-state index contributed by atoms with van der Waals surface area (Å²) in [6.07, 6.45) is 7.60. The summed E-state index contributed by atoms with van der Waals surface area (Å²) < 4.78 is 43.1. The van der Waals surface area contributed by atoms with Gasteiger partial charge in [0.25, 0.3) is 5.91 Å². The fourth-order valence-corrected chi connectivity index (χ4v) is 6.00. The van der Waals surface area contributed by atoms with E-state index in [0.717, 1.165) is 18.9 Å². The van der Waals surface area contributed by atoms with E-state index in [9.17, 15) is 22.4 Å². The van der Waals surface area contributed by atoms with Crippen LogP contribution in [0.15, 0.2) is 41.1 Å². The van der Waals surface area contributed by atoms with Crippen LogP contribution in [0, 0.1) is 5.82 Å². The molecule has 3 fully saturated rings. The van der Waals surface area contributed by atoms with Crippen molar-refractivity contribution in [3.63, 3.8) is 0 Å². The Bertz CT molecular complexity index is 1590. The molecule has 2 aliphatic carbocycles. The van der Waals surface area contributed by atoms with Gasteiger partial charge in [-0.05, 0) is 62.8 Å². The van der Waals surface area contributed by atoms with Crippen molar-refractivity contribution in [2.24, 2.45) is 0 Å². The Balaban J connectivity index is 1.17. The van der Waals surface area contributed by atoms with Crippen molar-refractivity contribution in [2.75, 3.05) is 10.6 Å². The van der Waals surface area contributed by atoms with Crippen molar-refractivity contribution >= 4 is 45.6 Å². The first kappa shape index (κ1) is 25.2. The van der Waals surface area contributed by atoms with Crippen LogP contribution in [0.5, 0.6) is 0 Å². The minimum absolute atomic E-state index is 0.000716. The number of anilines is 2. The molecule has 13 nitrogen and oxygen atoms in total. The number of halogens is 1. The molecule has 1 saturated heterocycles. The standard InChI is InChI=1S/C24H26FN9O4S/c25-14-2-1-3-18(11-14)39(37,38)33-17-8-6-15(7-9-17)27-22-30-20-13(10-19-21(35)31-24(36)29-19)12-26-34(20)23(32-22)28-16-4-5-16/h1-3,10-12,15-17,33H,4-9H2,(H2,27,28,30,32)(H2,29,31,35,36)/b19-10-/t15-,17-. The fourth-order valence-electron chi connectivity index (χ4n) is 4.66. The first-order valence-electron chi connectivity index (χ1n) is 12.6. The van der Waals surface area contributed by atoms with Crippen molar-refractivity contribution in [3.8, 4) is 0 Å². The van der Waals surface area contributed by atoms with Gasteiger partial charge in [-0.3, -0.25) is 10.1 Å². The summed E-state index contributed by atoms with van der Waals surface area (Å²) in [4.78, 5) is 32.7. The highest BCUT2D eigenvalue weighted by atomic mass is 32.2. The summed E-state index contributed by atoms with van der Waals surface area (Å²) in [5.41, 5.74) is 1.08. The van der Waals surface area contributed by atoms with E-state index < -0.39 is 27.8 Å². The number of nitrogens with one attached hydrogen (secondary N) is 5. The number of hydrogen-bond donors (Lipinski definition) is 5. The molecule has 3 aliphatic rings. The second-order valence-electron chi connectivity index (χ2n) is 9.86. The third-order valence-electron chi connectivity index (χ3n) is 6.81. The number of benzene rings is 1. The maximum Gasteiger partial charge on any atom is 0.326 e. The van der Waals surface area contributed by atoms with Crippen LogP contribution in [0.3, 0.4) is 0 Å². The van der Waals surface area contributed by atoms with Crippen LogP contribution in [-0.4, -0.2) is 58.1 Å². The van der Waals surface area contributed by atoms with Gasteiger partial charge < -0.3 is 16.0 Å². The molecule has 0 unspecified atom stereocenters. The molecular formula is C24H26FN9O4S.